The average molecular weight is 258 g/mol. The van der Waals surface area contributed by atoms with E-state index >= 15 is 0 Å². The lowest BCUT2D eigenvalue weighted by molar-refractivity contribution is -0.134. The second kappa shape index (κ2) is 7.20. The number of carbonyl (C=O) groups is 2. The zero-order valence-corrected chi connectivity index (χ0v) is 11.1. The first-order chi connectivity index (χ1) is 8.61. The summed E-state index contributed by atoms with van der Waals surface area (Å²) in [7, 11) is 1.63. The first kappa shape index (κ1) is 14.8. The van der Waals surface area contributed by atoms with Crippen molar-refractivity contribution in [2.45, 2.75) is 32.2 Å². The molecule has 1 aliphatic rings. The molecule has 6 nitrogen and oxygen atoms in total. The molecule has 18 heavy (non-hydrogen) atoms. The molecule has 0 aliphatic carbocycles. The summed E-state index contributed by atoms with van der Waals surface area (Å²) in [5.41, 5.74) is 0. The van der Waals surface area contributed by atoms with E-state index in [9.17, 15) is 9.59 Å². The maximum atomic E-state index is 12.1. The Bertz CT molecular complexity index is 296. The number of likely N-dealkylation sites (N-methyl/N-ethyl adjacent to an activating group) is 1. The number of nitrogens with zero attached hydrogens (tertiary/aromatic N) is 2. The summed E-state index contributed by atoms with van der Waals surface area (Å²) in [6, 6.07) is -0.439. The molecule has 104 valence electrons. The Morgan fingerprint density at radius 2 is 2.22 bits per heavy atom. The predicted octanol–water partition coefficient (Wildman–Crippen LogP) is 0.448. The van der Waals surface area contributed by atoms with E-state index in [1.807, 2.05) is 6.92 Å². The van der Waals surface area contributed by atoms with Crippen molar-refractivity contribution in [2.24, 2.45) is 0 Å². The summed E-state index contributed by atoms with van der Waals surface area (Å²) in [6.07, 6.45) is 1.83. The quantitative estimate of drug-likeness (QED) is 0.777. The highest BCUT2D eigenvalue weighted by Crippen LogP contribution is 2.20. The number of rotatable bonds is 5. The van der Waals surface area contributed by atoms with Gasteiger partial charge in [0.2, 0.25) is 5.91 Å². The van der Waals surface area contributed by atoms with Crippen LogP contribution in [0.1, 0.15) is 26.2 Å². The van der Waals surface area contributed by atoms with Gasteiger partial charge in [-0.05, 0) is 19.3 Å². The Labute approximate surface area is 107 Å². The van der Waals surface area contributed by atoms with Crippen molar-refractivity contribution in [1.29, 1.82) is 0 Å². The van der Waals surface area contributed by atoms with Gasteiger partial charge in [0.05, 0.1) is 13.2 Å². The van der Waals surface area contributed by atoms with Crippen LogP contribution in [0, 0.1) is 0 Å². The Hall–Kier alpha value is -1.30. The van der Waals surface area contributed by atoms with Crippen LogP contribution in [-0.4, -0.2) is 66.3 Å². The van der Waals surface area contributed by atoms with Crippen molar-refractivity contribution >= 4 is 12.0 Å². The molecule has 1 N–H and O–H groups in total. The normalized spacial score (nSPS) is 18.8. The summed E-state index contributed by atoms with van der Waals surface area (Å²) >= 11 is 0. The molecule has 0 aromatic carbocycles. The molecule has 1 aliphatic heterocycles. The van der Waals surface area contributed by atoms with E-state index in [-0.39, 0.29) is 19.1 Å². The van der Waals surface area contributed by atoms with Gasteiger partial charge in [-0.2, -0.15) is 0 Å². The van der Waals surface area contributed by atoms with Crippen LogP contribution in [0.2, 0.25) is 0 Å². The molecule has 0 aromatic rings. The highest BCUT2D eigenvalue weighted by Gasteiger charge is 2.36. The number of carbonyl (C=O) groups excluding carboxylic acids is 2. The van der Waals surface area contributed by atoms with Gasteiger partial charge in [-0.15, -0.1) is 0 Å². The highest BCUT2D eigenvalue weighted by molar-refractivity contribution is 5.86. The topological polar surface area (TPSA) is 70.1 Å². The molecule has 1 saturated heterocycles. The standard InChI is InChI=1S/C12H22N2O4/c1-3-9-18-12(17)14-6-4-5-10(14)11(16)13(2)7-8-15/h10,15H,3-9H2,1-2H3/t10-/m0/s1. The van der Waals surface area contributed by atoms with Crippen molar-refractivity contribution < 1.29 is 19.4 Å². The van der Waals surface area contributed by atoms with E-state index in [4.69, 9.17) is 9.84 Å². The van der Waals surface area contributed by atoms with Gasteiger partial charge in [0.25, 0.3) is 0 Å². The smallest absolute Gasteiger partial charge is 0.410 e. The van der Waals surface area contributed by atoms with Crippen LogP contribution in [0.4, 0.5) is 4.79 Å². The first-order valence-corrected chi connectivity index (χ1v) is 6.41. The summed E-state index contributed by atoms with van der Waals surface area (Å²) in [4.78, 5) is 26.8. The van der Waals surface area contributed by atoms with E-state index < -0.39 is 12.1 Å². The number of aliphatic hydroxyl groups is 1. The summed E-state index contributed by atoms with van der Waals surface area (Å²) < 4.78 is 5.06. The average Bonchev–Trinajstić information content (AvgIpc) is 2.84. The maximum absolute atomic E-state index is 12.1. The van der Waals surface area contributed by atoms with Gasteiger partial charge in [-0.1, -0.05) is 6.92 Å². The SMILES string of the molecule is CCCOC(=O)N1CCC[C@H]1C(=O)N(C)CCO. The van der Waals surface area contributed by atoms with Gasteiger partial charge in [0.15, 0.2) is 0 Å². The Morgan fingerprint density at radius 1 is 1.50 bits per heavy atom. The van der Waals surface area contributed by atoms with Crippen LogP contribution in [0.5, 0.6) is 0 Å². The van der Waals surface area contributed by atoms with E-state index in [2.05, 4.69) is 0 Å². The maximum Gasteiger partial charge on any atom is 0.410 e. The fourth-order valence-corrected chi connectivity index (χ4v) is 2.03. The van der Waals surface area contributed by atoms with Crippen LogP contribution < -0.4 is 0 Å². The first-order valence-electron chi connectivity index (χ1n) is 6.41. The summed E-state index contributed by atoms with van der Waals surface area (Å²) in [6.45, 7) is 3.08. The lowest BCUT2D eigenvalue weighted by atomic mass is 10.2. The molecule has 0 aromatic heterocycles. The van der Waals surface area contributed by atoms with Crippen molar-refractivity contribution in [3.63, 3.8) is 0 Å². The number of likely N-dealkylation sites (tertiary alicyclic amines) is 1. The Balaban J connectivity index is 2.58. The molecule has 1 rings (SSSR count). The zero-order chi connectivity index (χ0) is 13.5. The third-order valence-corrected chi connectivity index (χ3v) is 3.01. The van der Waals surface area contributed by atoms with Crippen LogP contribution in [0.15, 0.2) is 0 Å². The van der Waals surface area contributed by atoms with E-state index in [0.29, 0.717) is 19.6 Å². The van der Waals surface area contributed by atoms with E-state index in [1.165, 1.54) is 9.80 Å². The van der Waals surface area contributed by atoms with E-state index in [1.54, 1.807) is 7.05 Å². The minimum Gasteiger partial charge on any atom is -0.449 e. The Morgan fingerprint density at radius 3 is 2.83 bits per heavy atom. The largest absolute Gasteiger partial charge is 0.449 e. The third kappa shape index (κ3) is 3.60. The molecule has 0 radical (unpaired) electrons. The van der Waals surface area contributed by atoms with Crippen molar-refractivity contribution in [3.05, 3.63) is 0 Å². The van der Waals surface area contributed by atoms with Gasteiger partial charge in [-0.25, -0.2) is 4.79 Å². The second-order valence-electron chi connectivity index (χ2n) is 4.45. The van der Waals surface area contributed by atoms with Crippen LogP contribution in [-0.2, 0) is 9.53 Å². The fourth-order valence-electron chi connectivity index (χ4n) is 2.03. The number of ether oxygens (including phenoxy) is 1. The molecule has 0 spiro atoms. The number of amides is 2. The van der Waals surface area contributed by atoms with Gasteiger partial charge >= 0.3 is 6.09 Å². The molecule has 0 bridgehead atoms. The molecule has 2 amide bonds. The lowest BCUT2D eigenvalue weighted by Gasteiger charge is -2.27. The minimum absolute atomic E-state index is 0.0742. The molecular formula is C12H22N2O4. The number of hydrogen-bond acceptors (Lipinski definition) is 4. The van der Waals surface area contributed by atoms with E-state index in [0.717, 1.165) is 12.8 Å². The summed E-state index contributed by atoms with van der Waals surface area (Å²) in [5.74, 6) is -0.130. The van der Waals surface area contributed by atoms with Crippen molar-refractivity contribution in [3.8, 4) is 0 Å². The molecule has 1 atom stereocenters. The van der Waals surface area contributed by atoms with Crippen molar-refractivity contribution in [2.75, 3.05) is 33.4 Å². The fraction of sp³-hybridized carbons (Fsp3) is 0.833. The number of hydrogen-bond donors (Lipinski definition) is 1. The number of aliphatic hydroxyl groups excluding tert-OH is 1. The van der Waals surface area contributed by atoms with Crippen LogP contribution in [0.3, 0.4) is 0 Å². The van der Waals surface area contributed by atoms with Gasteiger partial charge in [-0.3, -0.25) is 9.69 Å². The predicted molar refractivity (Wildman–Crippen MR) is 66.1 cm³/mol. The molecule has 1 heterocycles. The highest BCUT2D eigenvalue weighted by atomic mass is 16.6. The molecule has 0 unspecified atom stereocenters. The second-order valence-corrected chi connectivity index (χ2v) is 4.45. The zero-order valence-electron chi connectivity index (χ0n) is 11.1. The van der Waals surface area contributed by atoms with Gasteiger partial charge < -0.3 is 14.7 Å². The third-order valence-electron chi connectivity index (χ3n) is 3.01. The monoisotopic (exact) mass is 258 g/mol. The molecule has 6 heteroatoms. The minimum atomic E-state index is -0.439. The Kier molecular flexibility index (Phi) is 5.91. The molecular weight excluding hydrogens is 236 g/mol. The molecule has 0 saturated carbocycles. The van der Waals surface area contributed by atoms with Gasteiger partial charge in [0.1, 0.15) is 6.04 Å². The van der Waals surface area contributed by atoms with Crippen LogP contribution in [0.25, 0.3) is 0 Å². The molecule has 1 fully saturated rings. The summed E-state index contributed by atoms with van der Waals surface area (Å²) in [5, 5.41) is 8.82. The van der Waals surface area contributed by atoms with Crippen molar-refractivity contribution in [1.82, 2.24) is 9.80 Å². The van der Waals surface area contributed by atoms with Gasteiger partial charge in [0, 0.05) is 20.1 Å². The lowest BCUT2D eigenvalue weighted by Crippen LogP contribution is -2.47. The van der Waals surface area contributed by atoms with Crippen LogP contribution >= 0.6 is 0 Å².